The van der Waals surface area contributed by atoms with Crippen LogP contribution in [-0.2, 0) is 14.4 Å². The van der Waals surface area contributed by atoms with Crippen LogP contribution in [0.1, 0.15) is 39.0 Å². The van der Waals surface area contributed by atoms with Crippen molar-refractivity contribution in [3.05, 3.63) is 30.3 Å². The molecule has 0 saturated carbocycles. The largest absolute Gasteiger partial charge is 0.342 e. The molecule has 1 aromatic carbocycles. The zero-order chi connectivity index (χ0) is 17.8. The molecule has 2 atom stereocenters. The van der Waals surface area contributed by atoms with Gasteiger partial charge in [-0.3, -0.25) is 14.4 Å². The number of amides is 3. The van der Waals surface area contributed by atoms with Gasteiger partial charge >= 0.3 is 0 Å². The Kier molecular flexibility index (Phi) is 5.36. The van der Waals surface area contributed by atoms with Crippen molar-refractivity contribution in [1.29, 1.82) is 0 Å². The highest BCUT2D eigenvalue weighted by molar-refractivity contribution is 6.00. The van der Waals surface area contributed by atoms with Gasteiger partial charge in [0.1, 0.15) is 12.1 Å². The van der Waals surface area contributed by atoms with E-state index in [-0.39, 0.29) is 17.7 Å². The SMILES string of the molecule is CC(=O)N1CCCCC1C(=O)NC1CCCN(c2ccccc2)C1=O. The van der Waals surface area contributed by atoms with Gasteiger partial charge in [-0.15, -0.1) is 0 Å². The number of nitrogens with one attached hydrogen (secondary N) is 1. The summed E-state index contributed by atoms with van der Waals surface area (Å²) in [5.41, 5.74) is 0.856. The first kappa shape index (κ1) is 17.5. The van der Waals surface area contributed by atoms with Crippen molar-refractivity contribution in [2.24, 2.45) is 0 Å². The van der Waals surface area contributed by atoms with Crippen molar-refractivity contribution in [1.82, 2.24) is 10.2 Å². The molecule has 3 amide bonds. The van der Waals surface area contributed by atoms with E-state index in [1.54, 1.807) is 9.80 Å². The Morgan fingerprint density at radius 2 is 1.80 bits per heavy atom. The molecule has 2 aliphatic heterocycles. The maximum atomic E-state index is 12.8. The molecular formula is C19H25N3O3. The zero-order valence-corrected chi connectivity index (χ0v) is 14.6. The smallest absolute Gasteiger partial charge is 0.249 e. The number of hydrogen-bond donors (Lipinski definition) is 1. The summed E-state index contributed by atoms with van der Waals surface area (Å²) in [5.74, 6) is -0.361. The van der Waals surface area contributed by atoms with Crippen LogP contribution in [-0.4, -0.2) is 47.8 Å². The number of anilines is 1. The van der Waals surface area contributed by atoms with Crippen LogP contribution in [0.2, 0.25) is 0 Å². The number of carbonyl (C=O) groups is 3. The van der Waals surface area contributed by atoms with Gasteiger partial charge < -0.3 is 15.1 Å². The number of hydrogen-bond acceptors (Lipinski definition) is 3. The van der Waals surface area contributed by atoms with Gasteiger partial charge in [0.25, 0.3) is 0 Å². The van der Waals surface area contributed by atoms with E-state index in [0.717, 1.165) is 24.9 Å². The fourth-order valence-electron chi connectivity index (χ4n) is 3.72. The van der Waals surface area contributed by atoms with E-state index < -0.39 is 12.1 Å². The highest BCUT2D eigenvalue weighted by atomic mass is 16.2. The molecule has 0 radical (unpaired) electrons. The van der Waals surface area contributed by atoms with Gasteiger partial charge in [-0.05, 0) is 44.2 Å². The highest BCUT2D eigenvalue weighted by Crippen LogP contribution is 2.22. The van der Waals surface area contributed by atoms with Crippen molar-refractivity contribution in [2.75, 3.05) is 18.0 Å². The summed E-state index contributed by atoms with van der Waals surface area (Å²) >= 11 is 0. The van der Waals surface area contributed by atoms with Crippen LogP contribution in [0.15, 0.2) is 30.3 Å². The molecule has 2 unspecified atom stereocenters. The molecule has 6 nitrogen and oxygen atoms in total. The maximum Gasteiger partial charge on any atom is 0.249 e. The lowest BCUT2D eigenvalue weighted by Gasteiger charge is -2.37. The van der Waals surface area contributed by atoms with Crippen molar-refractivity contribution >= 4 is 23.4 Å². The summed E-state index contributed by atoms with van der Waals surface area (Å²) < 4.78 is 0. The number of benzene rings is 1. The Balaban J connectivity index is 1.68. The predicted molar refractivity (Wildman–Crippen MR) is 95.0 cm³/mol. The van der Waals surface area contributed by atoms with Crippen LogP contribution < -0.4 is 10.2 Å². The first-order valence-corrected chi connectivity index (χ1v) is 9.02. The maximum absolute atomic E-state index is 12.8. The monoisotopic (exact) mass is 343 g/mol. The highest BCUT2D eigenvalue weighted by Gasteiger charge is 2.35. The minimum atomic E-state index is -0.516. The van der Waals surface area contributed by atoms with Gasteiger partial charge in [-0.25, -0.2) is 0 Å². The molecule has 0 aliphatic carbocycles. The number of para-hydroxylation sites is 1. The first-order chi connectivity index (χ1) is 12.1. The van der Waals surface area contributed by atoms with Crippen molar-refractivity contribution in [3.8, 4) is 0 Å². The molecule has 0 aromatic heterocycles. The molecule has 3 rings (SSSR count). The Bertz CT molecular complexity index is 647. The fourth-order valence-corrected chi connectivity index (χ4v) is 3.72. The number of piperidine rings is 2. The Labute approximate surface area is 148 Å². The van der Waals surface area contributed by atoms with Crippen molar-refractivity contribution in [2.45, 2.75) is 51.1 Å². The zero-order valence-electron chi connectivity index (χ0n) is 14.6. The minimum absolute atomic E-state index is 0.0732. The van der Waals surface area contributed by atoms with E-state index in [9.17, 15) is 14.4 Å². The Hall–Kier alpha value is -2.37. The molecule has 1 N–H and O–H groups in total. The predicted octanol–water partition coefficient (Wildman–Crippen LogP) is 1.70. The topological polar surface area (TPSA) is 69.7 Å². The van der Waals surface area contributed by atoms with E-state index in [2.05, 4.69) is 5.32 Å². The van der Waals surface area contributed by atoms with E-state index in [1.807, 2.05) is 30.3 Å². The van der Waals surface area contributed by atoms with Crippen LogP contribution in [0.5, 0.6) is 0 Å². The lowest BCUT2D eigenvalue weighted by molar-refractivity contribution is -0.141. The standard InChI is InChI=1S/C19H25N3O3/c1-14(23)21-12-6-5-11-17(21)18(24)20-16-10-7-13-22(19(16)25)15-8-3-2-4-9-15/h2-4,8-9,16-17H,5-7,10-13H2,1H3,(H,20,24). The van der Waals surface area contributed by atoms with Crippen molar-refractivity contribution in [3.63, 3.8) is 0 Å². The number of carbonyl (C=O) groups excluding carboxylic acids is 3. The lowest BCUT2D eigenvalue weighted by Crippen LogP contribution is -2.58. The number of rotatable bonds is 3. The van der Waals surface area contributed by atoms with Crippen LogP contribution >= 0.6 is 0 Å². The summed E-state index contributed by atoms with van der Waals surface area (Å²) in [6.07, 6.45) is 3.99. The second-order valence-electron chi connectivity index (χ2n) is 6.75. The second-order valence-corrected chi connectivity index (χ2v) is 6.75. The normalized spacial score (nSPS) is 24.1. The van der Waals surface area contributed by atoms with Crippen LogP contribution in [0.25, 0.3) is 0 Å². The Morgan fingerprint density at radius 3 is 2.52 bits per heavy atom. The lowest BCUT2D eigenvalue weighted by atomic mass is 9.99. The third-order valence-corrected chi connectivity index (χ3v) is 5.03. The van der Waals surface area contributed by atoms with Crippen molar-refractivity contribution < 1.29 is 14.4 Å². The van der Waals surface area contributed by atoms with Gasteiger partial charge in [-0.1, -0.05) is 18.2 Å². The molecular weight excluding hydrogens is 318 g/mol. The molecule has 134 valence electrons. The third kappa shape index (κ3) is 3.83. The molecule has 6 heteroatoms. The molecule has 0 bridgehead atoms. The molecule has 0 spiro atoms. The number of nitrogens with zero attached hydrogens (tertiary/aromatic N) is 2. The van der Waals surface area contributed by atoms with E-state index in [1.165, 1.54) is 6.92 Å². The summed E-state index contributed by atoms with van der Waals surface area (Å²) in [6.45, 7) is 2.77. The molecule has 2 heterocycles. The Morgan fingerprint density at radius 1 is 1.04 bits per heavy atom. The van der Waals surface area contributed by atoms with Gasteiger partial charge in [0.05, 0.1) is 0 Å². The molecule has 1 aromatic rings. The van der Waals surface area contributed by atoms with Crippen LogP contribution in [0, 0.1) is 0 Å². The van der Waals surface area contributed by atoms with Gasteiger partial charge in [0.15, 0.2) is 0 Å². The third-order valence-electron chi connectivity index (χ3n) is 5.03. The molecule has 2 aliphatic rings. The quantitative estimate of drug-likeness (QED) is 0.908. The van der Waals surface area contributed by atoms with E-state index >= 15 is 0 Å². The number of likely N-dealkylation sites (tertiary alicyclic amines) is 1. The molecule has 25 heavy (non-hydrogen) atoms. The first-order valence-electron chi connectivity index (χ1n) is 9.02. The van der Waals surface area contributed by atoms with Gasteiger partial charge in [-0.2, -0.15) is 0 Å². The van der Waals surface area contributed by atoms with E-state index in [4.69, 9.17) is 0 Å². The summed E-state index contributed by atoms with van der Waals surface area (Å²) in [4.78, 5) is 40.6. The van der Waals surface area contributed by atoms with Crippen LogP contribution in [0.3, 0.4) is 0 Å². The average molecular weight is 343 g/mol. The van der Waals surface area contributed by atoms with Crippen LogP contribution in [0.4, 0.5) is 5.69 Å². The second kappa shape index (κ2) is 7.68. The molecule has 2 saturated heterocycles. The molecule has 2 fully saturated rings. The van der Waals surface area contributed by atoms with E-state index in [0.29, 0.717) is 25.9 Å². The minimum Gasteiger partial charge on any atom is -0.342 e. The van der Waals surface area contributed by atoms with Gasteiger partial charge in [0.2, 0.25) is 17.7 Å². The summed E-state index contributed by atoms with van der Waals surface area (Å²) in [5, 5.41) is 2.90. The fraction of sp³-hybridized carbons (Fsp3) is 0.526. The summed E-state index contributed by atoms with van der Waals surface area (Å²) in [7, 11) is 0. The summed E-state index contributed by atoms with van der Waals surface area (Å²) in [6, 6.07) is 8.55. The van der Waals surface area contributed by atoms with Gasteiger partial charge in [0, 0.05) is 25.7 Å². The average Bonchev–Trinajstić information content (AvgIpc) is 2.64.